The molecule has 1 aromatic carbocycles. The van der Waals surface area contributed by atoms with E-state index in [0.29, 0.717) is 30.0 Å². The first-order valence-corrected chi connectivity index (χ1v) is 8.59. The SMILES string of the molecule is C[C@@H]1CN(C(=O)c2cc(-c3ccnnc3)n[nH]2)C[C@H]1c1ccc(F)c(F)c1. The molecule has 0 saturated carbocycles. The number of rotatable bonds is 3. The highest BCUT2D eigenvalue weighted by Crippen LogP contribution is 2.33. The predicted octanol–water partition coefficient (Wildman–Crippen LogP) is 3.02. The van der Waals surface area contributed by atoms with Gasteiger partial charge in [0.25, 0.3) is 5.91 Å². The molecule has 0 radical (unpaired) electrons. The third kappa shape index (κ3) is 3.30. The summed E-state index contributed by atoms with van der Waals surface area (Å²) >= 11 is 0. The van der Waals surface area contributed by atoms with Crippen molar-refractivity contribution in [3.63, 3.8) is 0 Å². The van der Waals surface area contributed by atoms with Crippen molar-refractivity contribution in [3.05, 3.63) is 65.6 Å². The van der Waals surface area contributed by atoms with E-state index < -0.39 is 11.6 Å². The summed E-state index contributed by atoms with van der Waals surface area (Å²) in [4.78, 5) is 14.5. The molecular formula is C19H17F2N5O. The van der Waals surface area contributed by atoms with Gasteiger partial charge >= 0.3 is 0 Å². The lowest BCUT2D eigenvalue weighted by Gasteiger charge is -2.16. The summed E-state index contributed by atoms with van der Waals surface area (Å²) in [5.41, 5.74) is 2.44. The number of benzene rings is 1. The van der Waals surface area contributed by atoms with Crippen LogP contribution >= 0.6 is 0 Å². The molecule has 2 aromatic heterocycles. The van der Waals surface area contributed by atoms with E-state index in [-0.39, 0.29) is 17.7 Å². The van der Waals surface area contributed by atoms with Gasteiger partial charge in [-0.25, -0.2) is 8.78 Å². The zero-order valence-corrected chi connectivity index (χ0v) is 14.6. The van der Waals surface area contributed by atoms with Crippen molar-refractivity contribution in [1.29, 1.82) is 0 Å². The molecule has 8 heteroatoms. The zero-order valence-electron chi connectivity index (χ0n) is 14.6. The molecule has 4 rings (SSSR count). The molecule has 1 aliphatic heterocycles. The van der Waals surface area contributed by atoms with Crippen LogP contribution in [0, 0.1) is 17.6 Å². The highest BCUT2D eigenvalue weighted by molar-refractivity contribution is 5.93. The maximum absolute atomic E-state index is 13.6. The zero-order chi connectivity index (χ0) is 19.0. The summed E-state index contributed by atoms with van der Waals surface area (Å²) in [5, 5.41) is 14.5. The van der Waals surface area contributed by atoms with Gasteiger partial charge in [-0.15, -0.1) is 0 Å². The third-order valence-electron chi connectivity index (χ3n) is 4.96. The molecule has 138 valence electrons. The van der Waals surface area contributed by atoms with E-state index in [0.717, 1.165) is 11.6 Å². The Labute approximate surface area is 154 Å². The minimum atomic E-state index is -0.868. The molecule has 1 saturated heterocycles. The monoisotopic (exact) mass is 369 g/mol. The van der Waals surface area contributed by atoms with E-state index in [1.54, 1.807) is 35.5 Å². The van der Waals surface area contributed by atoms with Crippen molar-refractivity contribution in [2.75, 3.05) is 13.1 Å². The van der Waals surface area contributed by atoms with Crippen molar-refractivity contribution in [1.82, 2.24) is 25.3 Å². The normalized spacial score (nSPS) is 19.4. The Kier molecular flexibility index (Phi) is 4.39. The van der Waals surface area contributed by atoms with Crippen LogP contribution in [0.3, 0.4) is 0 Å². The second-order valence-corrected chi connectivity index (χ2v) is 6.77. The highest BCUT2D eigenvalue weighted by atomic mass is 19.2. The molecule has 3 heterocycles. The molecule has 27 heavy (non-hydrogen) atoms. The van der Waals surface area contributed by atoms with E-state index in [2.05, 4.69) is 20.4 Å². The van der Waals surface area contributed by atoms with Crippen molar-refractivity contribution >= 4 is 5.91 Å². The molecule has 0 spiro atoms. The summed E-state index contributed by atoms with van der Waals surface area (Å²) in [6.45, 7) is 2.98. The van der Waals surface area contributed by atoms with Crippen LogP contribution in [0.1, 0.15) is 28.9 Å². The van der Waals surface area contributed by atoms with Crippen molar-refractivity contribution in [3.8, 4) is 11.3 Å². The Morgan fingerprint density at radius 3 is 2.74 bits per heavy atom. The topological polar surface area (TPSA) is 74.8 Å². The van der Waals surface area contributed by atoms with Gasteiger partial charge in [-0.1, -0.05) is 13.0 Å². The lowest BCUT2D eigenvalue weighted by atomic mass is 9.90. The number of nitrogens with zero attached hydrogens (tertiary/aromatic N) is 4. The Balaban J connectivity index is 1.52. The van der Waals surface area contributed by atoms with Crippen LogP contribution < -0.4 is 0 Å². The first-order valence-electron chi connectivity index (χ1n) is 8.59. The fourth-order valence-electron chi connectivity index (χ4n) is 3.50. The van der Waals surface area contributed by atoms with Gasteiger partial charge in [0, 0.05) is 24.6 Å². The number of halogens is 2. The Hall–Kier alpha value is -3.16. The summed E-state index contributed by atoms with van der Waals surface area (Å²) < 4.78 is 26.8. The molecular weight excluding hydrogens is 352 g/mol. The Morgan fingerprint density at radius 2 is 2.00 bits per heavy atom. The van der Waals surface area contributed by atoms with E-state index >= 15 is 0 Å². The number of aromatic nitrogens is 4. The maximum atomic E-state index is 13.6. The van der Waals surface area contributed by atoms with Gasteiger partial charge in [-0.05, 0) is 35.7 Å². The summed E-state index contributed by atoms with van der Waals surface area (Å²) in [5.74, 6) is -1.82. The lowest BCUT2D eigenvalue weighted by molar-refractivity contribution is 0.0781. The van der Waals surface area contributed by atoms with Crippen LogP contribution in [0.15, 0.2) is 42.7 Å². The fraction of sp³-hybridized carbons (Fsp3) is 0.263. The summed E-state index contributed by atoms with van der Waals surface area (Å²) in [6.07, 6.45) is 3.13. The van der Waals surface area contributed by atoms with Crippen LogP contribution in [0.4, 0.5) is 8.78 Å². The average molecular weight is 369 g/mol. The highest BCUT2D eigenvalue weighted by Gasteiger charge is 2.34. The number of nitrogens with one attached hydrogen (secondary N) is 1. The van der Waals surface area contributed by atoms with E-state index in [1.807, 2.05) is 6.92 Å². The van der Waals surface area contributed by atoms with Crippen LogP contribution in [-0.2, 0) is 0 Å². The number of amides is 1. The smallest absolute Gasteiger partial charge is 0.271 e. The minimum Gasteiger partial charge on any atom is -0.336 e. The largest absolute Gasteiger partial charge is 0.336 e. The van der Waals surface area contributed by atoms with Gasteiger partial charge in [0.15, 0.2) is 11.6 Å². The number of hydrogen-bond donors (Lipinski definition) is 1. The second kappa shape index (κ2) is 6.86. The van der Waals surface area contributed by atoms with Gasteiger partial charge in [-0.2, -0.15) is 15.3 Å². The summed E-state index contributed by atoms with van der Waals surface area (Å²) in [6, 6.07) is 7.36. The van der Waals surface area contributed by atoms with E-state index in [1.165, 1.54) is 6.07 Å². The number of H-pyrrole nitrogens is 1. The standard InChI is InChI=1S/C19H17F2N5O/c1-11-9-26(10-14(11)12-2-3-15(20)16(21)6-12)19(27)18-7-17(24-25-18)13-4-5-22-23-8-13/h2-8,11,14H,9-10H2,1H3,(H,24,25)/t11-,14-/m1/s1. The second-order valence-electron chi connectivity index (χ2n) is 6.77. The first-order chi connectivity index (χ1) is 13.0. The minimum absolute atomic E-state index is 0.0455. The number of hydrogen-bond acceptors (Lipinski definition) is 4. The molecule has 1 N–H and O–H groups in total. The molecule has 1 amide bonds. The molecule has 1 fully saturated rings. The fourth-order valence-corrected chi connectivity index (χ4v) is 3.50. The number of carbonyl (C=O) groups is 1. The van der Waals surface area contributed by atoms with Gasteiger partial charge in [0.2, 0.25) is 0 Å². The number of carbonyl (C=O) groups excluding carboxylic acids is 1. The van der Waals surface area contributed by atoms with Gasteiger partial charge in [0.1, 0.15) is 5.69 Å². The third-order valence-corrected chi connectivity index (χ3v) is 4.96. The van der Waals surface area contributed by atoms with Crippen LogP contribution in [0.5, 0.6) is 0 Å². The van der Waals surface area contributed by atoms with Crippen molar-refractivity contribution < 1.29 is 13.6 Å². The Bertz CT molecular complexity index is 975. The molecule has 1 aliphatic rings. The van der Waals surface area contributed by atoms with E-state index in [9.17, 15) is 13.6 Å². The van der Waals surface area contributed by atoms with Gasteiger partial charge in [-0.3, -0.25) is 9.89 Å². The van der Waals surface area contributed by atoms with Crippen molar-refractivity contribution in [2.24, 2.45) is 5.92 Å². The van der Waals surface area contributed by atoms with E-state index in [4.69, 9.17) is 0 Å². The molecule has 0 unspecified atom stereocenters. The van der Waals surface area contributed by atoms with Gasteiger partial charge < -0.3 is 4.90 Å². The summed E-state index contributed by atoms with van der Waals surface area (Å²) in [7, 11) is 0. The molecule has 0 bridgehead atoms. The number of likely N-dealkylation sites (tertiary alicyclic amines) is 1. The number of aromatic amines is 1. The predicted molar refractivity (Wildman–Crippen MR) is 93.8 cm³/mol. The Morgan fingerprint density at radius 1 is 1.15 bits per heavy atom. The van der Waals surface area contributed by atoms with Gasteiger partial charge in [0.05, 0.1) is 18.1 Å². The molecule has 6 nitrogen and oxygen atoms in total. The van der Waals surface area contributed by atoms with Crippen molar-refractivity contribution in [2.45, 2.75) is 12.8 Å². The quantitative estimate of drug-likeness (QED) is 0.770. The van der Waals surface area contributed by atoms with Crippen LogP contribution in [0.2, 0.25) is 0 Å². The lowest BCUT2D eigenvalue weighted by Crippen LogP contribution is -2.29. The molecule has 0 aliphatic carbocycles. The van der Waals surface area contributed by atoms with Crippen LogP contribution in [0.25, 0.3) is 11.3 Å². The van der Waals surface area contributed by atoms with Crippen LogP contribution in [-0.4, -0.2) is 44.3 Å². The molecule has 3 aromatic rings. The maximum Gasteiger partial charge on any atom is 0.271 e. The average Bonchev–Trinajstić information content (AvgIpc) is 3.31. The first kappa shape index (κ1) is 17.3. The molecule has 2 atom stereocenters.